The largest absolute Gasteiger partial charge is 0.325 e. The predicted octanol–water partition coefficient (Wildman–Crippen LogP) is 2.24. The summed E-state index contributed by atoms with van der Waals surface area (Å²) in [5.74, 6) is -0.638. The zero-order chi connectivity index (χ0) is 11.5. The van der Waals surface area contributed by atoms with Crippen molar-refractivity contribution in [3.63, 3.8) is 0 Å². The van der Waals surface area contributed by atoms with Gasteiger partial charge in [0.15, 0.2) is 0 Å². The average molecular weight is 218 g/mol. The molecule has 0 radical (unpaired) electrons. The van der Waals surface area contributed by atoms with E-state index in [9.17, 15) is 9.18 Å². The highest BCUT2D eigenvalue weighted by Crippen LogP contribution is 2.28. The molecule has 1 atom stereocenters. The van der Waals surface area contributed by atoms with Crippen molar-refractivity contribution in [2.45, 2.75) is 19.3 Å². The van der Waals surface area contributed by atoms with E-state index < -0.39 is 0 Å². The molecule has 0 aliphatic carbocycles. The van der Waals surface area contributed by atoms with E-state index in [1.165, 1.54) is 12.1 Å². The number of hydrogen-bond donors (Lipinski definition) is 1. The van der Waals surface area contributed by atoms with Crippen molar-refractivity contribution in [1.29, 1.82) is 5.26 Å². The molecule has 16 heavy (non-hydrogen) atoms. The molecule has 3 nitrogen and oxygen atoms in total. The minimum Gasteiger partial charge on any atom is -0.325 e. The Kier molecular flexibility index (Phi) is 2.86. The van der Waals surface area contributed by atoms with Gasteiger partial charge in [-0.05, 0) is 30.5 Å². The number of nitrogens with one attached hydrogen (secondary N) is 1. The zero-order valence-corrected chi connectivity index (χ0v) is 8.66. The van der Waals surface area contributed by atoms with Gasteiger partial charge in [0.2, 0.25) is 5.91 Å². The molecule has 0 saturated heterocycles. The van der Waals surface area contributed by atoms with Gasteiger partial charge in [0.1, 0.15) is 5.82 Å². The second-order valence-electron chi connectivity index (χ2n) is 3.89. The van der Waals surface area contributed by atoms with E-state index in [-0.39, 0.29) is 17.6 Å². The Balaban J connectivity index is 2.19. The first kappa shape index (κ1) is 10.6. The maximum absolute atomic E-state index is 12.9. The fourth-order valence-corrected chi connectivity index (χ4v) is 1.91. The first-order valence-electron chi connectivity index (χ1n) is 5.17. The monoisotopic (exact) mass is 218 g/mol. The predicted molar refractivity (Wildman–Crippen MR) is 57.1 cm³/mol. The number of fused-ring (bicyclic) bond motifs is 1. The molecule has 1 aliphatic rings. The lowest BCUT2D eigenvalue weighted by Gasteiger charge is -2.23. The number of anilines is 1. The van der Waals surface area contributed by atoms with Gasteiger partial charge in [-0.3, -0.25) is 4.79 Å². The van der Waals surface area contributed by atoms with Crippen molar-refractivity contribution >= 4 is 11.6 Å². The van der Waals surface area contributed by atoms with E-state index >= 15 is 0 Å². The Hall–Kier alpha value is -1.89. The molecule has 0 fully saturated rings. The van der Waals surface area contributed by atoms with Gasteiger partial charge >= 0.3 is 0 Å². The molecule has 0 spiro atoms. The summed E-state index contributed by atoms with van der Waals surface area (Å²) in [7, 11) is 0. The van der Waals surface area contributed by atoms with Crippen LogP contribution in [0, 0.1) is 23.1 Å². The molecule has 1 unspecified atom stereocenters. The van der Waals surface area contributed by atoms with Crippen molar-refractivity contribution in [3.8, 4) is 6.07 Å². The Morgan fingerprint density at radius 1 is 1.56 bits per heavy atom. The summed E-state index contributed by atoms with van der Waals surface area (Å²) in [5, 5.41) is 11.2. The summed E-state index contributed by atoms with van der Waals surface area (Å²) < 4.78 is 12.9. The number of carbonyl (C=O) groups excluding carboxylic acids is 1. The molecule has 1 aromatic carbocycles. The fraction of sp³-hybridized carbons (Fsp3) is 0.333. The van der Waals surface area contributed by atoms with E-state index in [4.69, 9.17) is 5.26 Å². The van der Waals surface area contributed by atoms with E-state index in [2.05, 4.69) is 5.32 Å². The summed E-state index contributed by atoms with van der Waals surface area (Å²) in [5.41, 5.74) is 1.49. The Bertz CT molecular complexity index is 465. The molecule has 1 aliphatic heterocycles. The van der Waals surface area contributed by atoms with Gasteiger partial charge in [-0.1, -0.05) is 6.07 Å². The molecule has 4 heteroatoms. The molecule has 82 valence electrons. The quantitative estimate of drug-likeness (QED) is 0.827. The number of benzene rings is 1. The van der Waals surface area contributed by atoms with Crippen LogP contribution >= 0.6 is 0 Å². The first-order valence-corrected chi connectivity index (χ1v) is 5.17. The Morgan fingerprint density at radius 3 is 3.12 bits per heavy atom. The van der Waals surface area contributed by atoms with Gasteiger partial charge in [0.05, 0.1) is 6.07 Å². The molecule has 0 bridgehead atoms. The lowest BCUT2D eigenvalue weighted by Crippen LogP contribution is -2.29. The molecule has 1 heterocycles. The van der Waals surface area contributed by atoms with Crippen LogP contribution in [0.3, 0.4) is 0 Å². The minimum atomic E-state index is -0.352. The lowest BCUT2D eigenvalue weighted by atomic mass is 9.90. The van der Waals surface area contributed by atoms with Crippen LogP contribution in [-0.2, 0) is 11.2 Å². The van der Waals surface area contributed by atoms with Crippen LogP contribution in [0.5, 0.6) is 0 Å². The van der Waals surface area contributed by atoms with E-state index in [1.807, 2.05) is 6.07 Å². The number of hydrogen-bond acceptors (Lipinski definition) is 2. The second kappa shape index (κ2) is 4.31. The van der Waals surface area contributed by atoms with E-state index in [0.717, 1.165) is 5.56 Å². The van der Waals surface area contributed by atoms with Crippen LogP contribution < -0.4 is 5.32 Å². The normalized spacial score (nSPS) is 18.5. The number of nitrogens with zero attached hydrogens (tertiary/aromatic N) is 1. The van der Waals surface area contributed by atoms with Crippen LogP contribution in [0.4, 0.5) is 10.1 Å². The van der Waals surface area contributed by atoms with Crippen molar-refractivity contribution in [2.24, 2.45) is 5.92 Å². The topological polar surface area (TPSA) is 52.9 Å². The van der Waals surface area contributed by atoms with Gasteiger partial charge in [-0.2, -0.15) is 5.26 Å². The summed E-state index contributed by atoms with van der Waals surface area (Å²) in [6, 6.07) is 6.43. The number of amides is 1. The Labute approximate surface area is 92.9 Å². The summed E-state index contributed by atoms with van der Waals surface area (Å²) in [4.78, 5) is 11.6. The number of rotatable bonds is 2. The Morgan fingerprint density at radius 2 is 2.38 bits per heavy atom. The van der Waals surface area contributed by atoms with Gasteiger partial charge in [-0.25, -0.2) is 4.39 Å². The maximum atomic E-state index is 12.9. The third-order valence-corrected chi connectivity index (χ3v) is 2.77. The molecule has 1 amide bonds. The van der Waals surface area contributed by atoms with E-state index in [0.29, 0.717) is 24.9 Å². The molecule has 1 N–H and O–H groups in total. The van der Waals surface area contributed by atoms with E-state index in [1.54, 1.807) is 6.07 Å². The number of halogens is 1. The zero-order valence-electron chi connectivity index (χ0n) is 8.66. The number of nitriles is 1. The second-order valence-corrected chi connectivity index (χ2v) is 3.89. The third-order valence-electron chi connectivity index (χ3n) is 2.77. The third kappa shape index (κ3) is 2.03. The van der Waals surface area contributed by atoms with Crippen molar-refractivity contribution in [1.82, 2.24) is 0 Å². The highest BCUT2D eigenvalue weighted by Gasteiger charge is 2.25. The van der Waals surface area contributed by atoms with Gasteiger partial charge in [0.25, 0.3) is 0 Å². The van der Waals surface area contributed by atoms with Crippen molar-refractivity contribution in [3.05, 3.63) is 29.6 Å². The van der Waals surface area contributed by atoms with Crippen LogP contribution in [0.25, 0.3) is 0 Å². The molecular formula is C12H11FN2O. The summed E-state index contributed by atoms with van der Waals surface area (Å²) in [6.07, 6.45) is 1.51. The molecule has 1 aromatic rings. The summed E-state index contributed by atoms with van der Waals surface area (Å²) >= 11 is 0. The standard InChI is InChI=1S/C12H11FN2O/c13-10-4-3-8-6-9(2-1-5-14)12(16)15-11(8)7-10/h3-4,7,9H,1-2,6H2,(H,15,16). The summed E-state index contributed by atoms with van der Waals surface area (Å²) in [6.45, 7) is 0. The van der Waals surface area contributed by atoms with Crippen LogP contribution in [0.15, 0.2) is 18.2 Å². The number of carbonyl (C=O) groups is 1. The lowest BCUT2D eigenvalue weighted by molar-refractivity contribution is -0.120. The highest BCUT2D eigenvalue weighted by molar-refractivity contribution is 5.95. The maximum Gasteiger partial charge on any atom is 0.227 e. The molecule has 0 saturated carbocycles. The SMILES string of the molecule is N#CCCC1Cc2ccc(F)cc2NC1=O. The highest BCUT2D eigenvalue weighted by atomic mass is 19.1. The molecule has 0 aromatic heterocycles. The molecular weight excluding hydrogens is 207 g/mol. The average Bonchev–Trinajstić information content (AvgIpc) is 2.26. The van der Waals surface area contributed by atoms with Crippen LogP contribution in [0.2, 0.25) is 0 Å². The smallest absolute Gasteiger partial charge is 0.227 e. The van der Waals surface area contributed by atoms with Crippen LogP contribution in [-0.4, -0.2) is 5.91 Å². The van der Waals surface area contributed by atoms with Crippen molar-refractivity contribution < 1.29 is 9.18 Å². The van der Waals surface area contributed by atoms with Gasteiger partial charge < -0.3 is 5.32 Å². The van der Waals surface area contributed by atoms with Crippen molar-refractivity contribution in [2.75, 3.05) is 5.32 Å². The fourth-order valence-electron chi connectivity index (χ4n) is 1.91. The van der Waals surface area contributed by atoms with Crippen LogP contribution in [0.1, 0.15) is 18.4 Å². The minimum absolute atomic E-state index is 0.117. The van der Waals surface area contributed by atoms with Gasteiger partial charge in [0, 0.05) is 18.0 Å². The first-order chi connectivity index (χ1) is 7.70. The van der Waals surface area contributed by atoms with Gasteiger partial charge in [-0.15, -0.1) is 0 Å². The molecule has 2 rings (SSSR count).